The Morgan fingerprint density at radius 1 is 1.33 bits per heavy atom. The zero-order valence-electron chi connectivity index (χ0n) is 8.42. The van der Waals surface area contributed by atoms with E-state index in [1.807, 2.05) is 0 Å². The van der Waals surface area contributed by atoms with Crippen LogP contribution < -0.4 is 0 Å². The molecule has 2 fully saturated rings. The lowest BCUT2D eigenvalue weighted by atomic mass is 10.2. The topological polar surface area (TPSA) is 3.24 Å². The van der Waals surface area contributed by atoms with Crippen LogP contribution in [0.1, 0.15) is 26.2 Å². The molecule has 2 aliphatic rings. The van der Waals surface area contributed by atoms with Gasteiger partial charge in [0.2, 0.25) is 0 Å². The molecule has 70 valence electrons. The Morgan fingerprint density at radius 2 is 2.00 bits per heavy atom. The molecular weight excluding hydrogens is 148 g/mol. The van der Waals surface area contributed by atoms with Gasteiger partial charge in [0.05, 0.1) is 19.6 Å². The van der Waals surface area contributed by atoms with E-state index in [1.165, 1.54) is 50.0 Å². The van der Waals surface area contributed by atoms with Gasteiger partial charge in [-0.1, -0.05) is 6.92 Å². The molecule has 1 atom stereocenters. The van der Waals surface area contributed by atoms with Crippen molar-refractivity contribution < 1.29 is 4.48 Å². The number of quaternary nitrogens is 1. The minimum Gasteiger partial charge on any atom is -0.308 e. The molecule has 12 heavy (non-hydrogen) atoms. The highest BCUT2D eigenvalue weighted by molar-refractivity contribution is 4.72. The molecule has 0 N–H and O–H groups in total. The van der Waals surface area contributed by atoms with Crippen molar-refractivity contribution in [2.75, 3.05) is 33.4 Å². The molecule has 0 aromatic rings. The Kier molecular flexibility index (Phi) is 2.13. The number of hydrogen-bond acceptors (Lipinski definition) is 1. The quantitative estimate of drug-likeness (QED) is 0.534. The first-order chi connectivity index (χ1) is 5.77. The molecule has 0 radical (unpaired) electrons. The van der Waals surface area contributed by atoms with E-state index in [9.17, 15) is 0 Å². The molecular formula is C10H21N2+. The molecule has 0 aliphatic carbocycles. The first-order valence-corrected chi connectivity index (χ1v) is 5.31. The molecule has 2 heterocycles. The summed E-state index contributed by atoms with van der Waals surface area (Å²) in [6.07, 6.45) is 4.29. The summed E-state index contributed by atoms with van der Waals surface area (Å²) < 4.78 is 1.42. The van der Waals surface area contributed by atoms with Crippen LogP contribution in [0.25, 0.3) is 0 Å². The Balaban J connectivity index is 2.11. The third-order valence-electron chi connectivity index (χ3n) is 3.75. The lowest BCUT2D eigenvalue weighted by Crippen LogP contribution is -2.50. The summed E-state index contributed by atoms with van der Waals surface area (Å²) in [5, 5.41) is 0. The number of rotatable bonds is 1. The maximum Gasteiger partial charge on any atom is 0.135 e. The average Bonchev–Trinajstić information content (AvgIpc) is 2.60. The standard InChI is InChI=1S/C10H21N2/c1-3-10-8-11(2)9-12(10)6-4-5-7-12/h10H,3-9H2,1-2H3/q+1. The number of nitrogens with zero attached hydrogens (tertiary/aromatic N) is 2. The monoisotopic (exact) mass is 169 g/mol. The molecule has 0 aromatic heterocycles. The van der Waals surface area contributed by atoms with Crippen molar-refractivity contribution in [2.45, 2.75) is 32.2 Å². The van der Waals surface area contributed by atoms with E-state index in [0.29, 0.717) is 0 Å². The zero-order chi connectivity index (χ0) is 8.60. The molecule has 2 rings (SSSR count). The van der Waals surface area contributed by atoms with E-state index in [-0.39, 0.29) is 0 Å². The normalized spacial score (nSPS) is 35.0. The van der Waals surface area contributed by atoms with Crippen molar-refractivity contribution >= 4 is 0 Å². The van der Waals surface area contributed by atoms with Gasteiger partial charge in [-0.25, -0.2) is 0 Å². The van der Waals surface area contributed by atoms with Gasteiger partial charge in [0.25, 0.3) is 0 Å². The van der Waals surface area contributed by atoms with Gasteiger partial charge >= 0.3 is 0 Å². The summed E-state index contributed by atoms with van der Waals surface area (Å²) >= 11 is 0. The predicted molar refractivity (Wildman–Crippen MR) is 50.8 cm³/mol. The fraction of sp³-hybridized carbons (Fsp3) is 1.00. The van der Waals surface area contributed by atoms with Crippen molar-refractivity contribution in [3.05, 3.63) is 0 Å². The maximum absolute atomic E-state index is 2.51. The zero-order valence-corrected chi connectivity index (χ0v) is 8.42. The van der Waals surface area contributed by atoms with Crippen LogP contribution in [0.3, 0.4) is 0 Å². The Hall–Kier alpha value is -0.0800. The predicted octanol–water partition coefficient (Wildman–Crippen LogP) is 1.28. The maximum atomic E-state index is 2.51. The summed E-state index contributed by atoms with van der Waals surface area (Å²) in [5.74, 6) is 0. The van der Waals surface area contributed by atoms with Gasteiger partial charge in [0, 0.05) is 12.8 Å². The van der Waals surface area contributed by atoms with E-state index in [2.05, 4.69) is 18.9 Å². The van der Waals surface area contributed by atoms with Crippen molar-refractivity contribution in [3.8, 4) is 0 Å². The number of likely N-dealkylation sites (N-methyl/N-ethyl adjacent to an activating group) is 1. The minimum absolute atomic E-state index is 0.942. The van der Waals surface area contributed by atoms with Crippen LogP contribution in [0.5, 0.6) is 0 Å². The van der Waals surface area contributed by atoms with Crippen molar-refractivity contribution in [2.24, 2.45) is 0 Å². The summed E-state index contributed by atoms with van der Waals surface area (Å²) in [5.41, 5.74) is 0. The Labute approximate surface area is 75.7 Å². The average molecular weight is 169 g/mol. The van der Waals surface area contributed by atoms with Crippen molar-refractivity contribution in [1.82, 2.24) is 4.90 Å². The highest BCUT2D eigenvalue weighted by Gasteiger charge is 2.44. The van der Waals surface area contributed by atoms with Gasteiger partial charge in [-0.2, -0.15) is 0 Å². The summed E-state index contributed by atoms with van der Waals surface area (Å²) in [6.45, 7) is 7.89. The van der Waals surface area contributed by atoms with Gasteiger partial charge in [0.1, 0.15) is 12.7 Å². The third kappa shape index (κ3) is 1.17. The minimum atomic E-state index is 0.942. The van der Waals surface area contributed by atoms with Crippen LogP contribution >= 0.6 is 0 Å². The molecule has 2 saturated heterocycles. The second-order valence-corrected chi connectivity index (χ2v) is 4.61. The molecule has 0 bridgehead atoms. The Bertz CT molecular complexity index is 161. The second kappa shape index (κ2) is 3.00. The van der Waals surface area contributed by atoms with Crippen LogP contribution in [0.15, 0.2) is 0 Å². The largest absolute Gasteiger partial charge is 0.308 e. The first-order valence-electron chi connectivity index (χ1n) is 5.31. The fourth-order valence-corrected chi connectivity index (χ4v) is 3.18. The van der Waals surface area contributed by atoms with Crippen LogP contribution in [0, 0.1) is 0 Å². The smallest absolute Gasteiger partial charge is 0.135 e. The highest BCUT2D eigenvalue weighted by Crippen LogP contribution is 2.30. The molecule has 0 amide bonds. The SMILES string of the molecule is CCC1CN(C)C[N+]12CCCC2. The number of hydrogen-bond donors (Lipinski definition) is 0. The van der Waals surface area contributed by atoms with Gasteiger partial charge in [-0.3, -0.25) is 4.90 Å². The molecule has 0 aromatic carbocycles. The van der Waals surface area contributed by atoms with Gasteiger partial charge in [-0.05, 0) is 13.5 Å². The third-order valence-corrected chi connectivity index (χ3v) is 3.75. The summed E-state index contributed by atoms with van der Waals surface area (Å²) in [4.78, 5) is 2.51. The molecule has 2 heteroatoms. The first kappa shape index (κ1) is 8.52. The molecule has 2 aliphatic heterocycles. The second-order valence-electron chi connectivity index (χ2n) is 4.61. The van der Waals surface area contributed by atoms with Gasteiger partial charge in [0.15, 0.2) is 0 Å². The van der Waals surface area contributed by atoms with E-state index >= 15 is 0 Å². The van der Waals surface area contributed by atoms with E-state index in [0.717, 1.165) is 6.04 Å². The summed E-state index contributed by atoms with van der Waals surface area (Å²) in [6, 6.07) is 0.942. The van der Waals surface area contributed by atoms with E-state index in [4.69, 9.17) is 0 Å². The highest BCUT2D eigenvalue weighted by atomic mass is 15.5. The Morgan fingerprint density at radius 3 is 2.58 bits per heavy atom. The van der Waals surface area contributed by atoms with Crippen LogP contribution in [0.2, 0.25) is 0 Å². The van der Waals surface area contributed by atoms with E-state index < -0.39 is 0 Å². The molecule has 2 nitrogen and oxygen atoms in total. The van der Waals surface area contributed by atoms with Crippen LogP contribution in [-0.2, 0) is 0 Å². The van der Waals surface area contributed by atoms with Crippen LogP contribution in [0.4, 0.5) is 0 Å². The summed E-state index contributed by atoms with van der Waals surface area (Å²) in [7, 11) is 2.27. The molecule has 0 saturated carbocycles. The van der Waals surface area contributed by atoms with Gasteiger partial charge < -0.3 is 4.48 Å². The lowest BCUT2D eigenvalue weighted by molar-refractivity contribution is -0.931. The molecule has 1 unspecified atom stereocenters. The van der Waals surface area contributed by atoms with Crippen molar-refractivity contribution in [3.63, 3.8) is 0 Å². The van der Waals surface area contributed by atoms with E-state index in [1.54, 1.807) is 0 Å². The fourth-order valence-electron chi connectivity index (χ4n) is 3.18. The van der Waals surface area contributed by atoms with Gasteiger partial charge in [-0.15, -0.1) is 0 Å². The lowest BCUT2D eigenvalue weighted by Gasteiger charge is -2.34. The van der Waals surface area contributed by atoms with Crippen LogP contribution in [-0.4, -0.2) is 48.8 Å². The van der Waals surface area contributed by atoms with Crippen molar-refractivity contribution in [1.29, 1.82) is 0 Å². The molecule has 1 spiro atoms.